The molecule has 0 amide bonds. The molecule has 0 aromatic heterocycles. The van der Waals surface area contributed by atoms with Gasteiger partial charge in [-0.1, -0.05) is 48.0 Å². The first kappa shape index (κ1) is 18.0. The molecule has 0 aliphatic rings. The zero-order chi connectivity index (χ0) is 18.6. The molecule has 26 heavy (non-hydrogen) atoms. The molecule has 0 radical (unpaired) electrons. The molecule has 5 heteroatoms. The number of nitrogens with one attached hydrogen (secondary N) is 1. The van der Waals surface area contributed by atoms with Crippen LogP contribution in [0.3, 0.4) is 0 Å². The largest absolute Gasteiger partial charge is 0.381 e. The summed E-state index contributed by atoms with van der Waals surface area (Å²) in [4.78, 5) is 0.268. The Morgan fingerprint density at radius 1 is 0.846 bits per heavy atom. The maximum atomic E-state index is 12.8. The van der Waals surface area contributed by atoms with Gasteiger partial charge in [-0.25, -0.2) is 8.42 Å². The zero-order valence-corrected chi connectivity index (χ0v) is 15.7. The van der Waals surface area contributed by atoms with Crippen LogP contribution in [-0.4, -0.2) is 15.5 Å². The van der Waals surface area contributed by atoms with Gasteiger partial charge in [0.1, 0.15) is 0 Å². The van der Waals surface area contributed by atoms with Crippen LogP contribution in [0.25, 0.3) is 0 Å². The first-order valence-electron chi connectivity index (χ1n) is 8.40. The highest BCUT2D eigenvalue weighted by atomic mass is 32.2. The standard InChI is InChI=1S/C21H22N2O2S/c1-17-8-10-18(11-9-17)16-22-19-12-14-21(15-13-19)26(24,25)23(2)20-6-4-3-5-7-20/h3-15,22H,16H2,1-2H3. The highest BCUT2D eigenvalue weighted by Crippen LogP contribution is 2.23. The summed E-state index contributed by atoms with van der Waals surface area (Å²) >= 11 is 0. The number of nitrogens with zero attached hydrogens (tertiary/aromatic N) is 1. The van der Waals surface area contributed by atoms with Gasteiger partial charge in [-0.05, 0) is 48.9 Å². The van der Waals surface area contributed by atoms with Crippen molar-refractivity contribution in [2.75, 3.05) is 16.7 Å². The summed E-state index contributed by atoms with van der Waals surface area (Å²) in [6, 6.07) is 24.2. The fourth-order valence-corrected chi connectivity index (χ4v) is 3.79. The average molecular weight is 366 g/mol. The minimum absolute atomic E-state index is 0.268. The van der Waals surface area contributed by atoms with E-state index in [2.05, 4.69) is 36.5 Å². The molecule has 1 N–H and O–H groups in total. The van der Waals surface area contributed by atoms with Crippen LogP contribution in [0, 0.1) is 6.92 Å². The van der Waals surface area contributed by atoms with Crippen LogP contribution in [0.4, 0.5) is 11.4 Å². The topological polar surface area (TPSA) is 49.4 Å². The Kier molecular flexibility index (Phi) is 5.28. The van der Waals surface area contributed by atoms with Crippen LogP contribution in [0.2, 0.25) is 0 Å². The number of para-hydroxylation sites is 1. The van der Waals surface area contributed by atoms with Gasteiger partial charge >= 0.3 is 0 Å². The maximum absolute atomic E-state index is 12.8. The zero-order valence-electron chi connectivity index (χ0n) is 14.9. The van der Waals surface area contributed by atoms with Crippen LogP contribution in [-0.2, 0) is 16.6 Å². The van der Waals surface area contributed by atoms with E-state index in [1.807, 2.05) is 18.2 Å². The second-order valence-electron chi connectivity index (χ2n) is 6.17. The summed E-state index contributed by atoms with van der Waals surface area (Å²) in [5, 5.41) is 3.31. The van der Waals surface area contributed by atoms with Gasteiger partial charge in [0.2, 0.25) is 0 Å². The summed E-state index contributed by atoms with van der Waals surface area (Å²) in [5.74, 6) is 0. The fourth-order valence-electron chi connectivity index (χ4n) is 2.59. The molecule has 0 unspecified atom stereocenters. The first-order valence-corrected chi connectivity index (χ1v) is 9.84. The Bertz CT molecular complexity index is 951. The molecule has 0 saturated carbocycles. The van der Waals surface area contributed by atoms with Crippen LogP contribution in [0.1, 0.15) is 11.1 Å². The minimum Gasteiger partial charge on any atom is -0.381 e. The van der Waals surface area contributed by atoms with E-state index < -0.39 is 10.0 Å². The molecule has 3 aromatic carbocycles. The van der Waals surface area contributed by atoms with Gasteiger partial charge in [0.25, 0.3) is 10.0 Å². The van der Waals surface area contributed by atoms with E-state index in [-0.39, 0.29) is 4.90 Å². The molecule has 4 nitrogen and oxygen atoms in total. The first-order chi connectivity index (χ1) is 12.5. The third kappa shape index (κ3) is 4.06. The molecule has 0 atom stereocenters. The van der Waals surface area contributed by atoms with E-state index in [1.165, 1.54) is 15.4 Å². The van der Waals surface area contributed by atoms with Crippen molar-refractivity contribution in [3.63, 3.8) is 0 Å². The average Bonchev–Trinajstić information content (AvgIpc) is 2.68. The van der Waals surface area contributed by atoms with Crippen LogP contribution < -0.4 is 9.62 Å². The number of hydrogen-bond donors (Lipinski definition) is 1. The Morgan fingerprint density at radius 3 is 2.08 bits per heavy atom. The van der Waals surface area contributed by atoms with Gasteiger partial charge in [-0.3, -0.25) is 4.31 Å². The molecule has 3 rings (SSSR count). The number of anilines is 2. The second kappa shape index (κ2) is 7.62. The number of benzene rings is 3. The third-order valence-electron chi connectivity index (χ3n) is 4.25. The Labute approximate surface area is 155 Å². The monoisotopic (exact) mass is 366 g/mol. The summed E-state index contributed by atoms with van der Waals surface area (Å²) in [6.07, 6.45) is 0. The van der Waals surface area contributed by atoms with Gasteiger partial charge in [0, 0.05) is 19.3 Å². The molecule has 0 bridgehead atoms. The number of rotatable bonds is 6. The Balaban J connectivity index is 1.71. The molecular formula is C21H22N2O2S. The van der Waals surface area contributed by atoms with Crippen molar-refractivity contribution in [2.45, 2.75) is 18.4 Å². The highest BCUT2D eigenvalue weighted by molar-refractivity contribution is 7.92. The fraction of sp³-hybridized carbons (Fsp3) is 0.143. The van der Waals surface area contributed by atoms with Crippen LogP contribution in [0.5, 0.6) is 0 Å². The van der Waals surface area contributed by atoms with Crippen molar-refractivity contribution < 1.29 is 8.42 Å². The Hall–Kier alpha value is -2.79. The van der Waals surface area contributed by atoms with Gasteiger partial charge in [0.05, 0.1) is 10.6 Å². The molecule has 3 aromatic rings. The molecule has 0 heterocycles. The Morgan fingerprint density at radius 2 is 1.46 bits per heavy atom. The van der Waals surface area contributed by atoms with E-state index >= 15 is 0 Å². The highest BCUT2D eigenvalue weighted by Gasteiger charge is 2.20. The predicted octanol–water partition coefficient (Wildman–Crippen LogP) is 4.43. The van der Waals surface area contributed by atoms with Gasteiger partial charge in [-0.2, -0.15) is 0 Å². The van der Waals surface area contributed by atoms with Gasteiger partial charge in [-0.15, -0.1) is 0 Å². The van der Waals surface area contributed by atoms with Crippen molar-refractivity contribution in [1.29, 1.82) is 0 Å². The molecule has 0 spiro atoms. The normalized spacial score (nSPS) is 11.2. The lowest BCUT2D eigenvalue weighted by Gasteiger charge is -2.19. The molecule has 0 aliphatic carbocycles. The summed E-state index contributed by atoms with van der Waals surface area (Å²) in [6.45, 7) is 2.75. The van der Waals surface area contributed by atoms with Crippen molar-refractivity contribution in [1.82, 2.24) is 0 Å². The van der Waals surface area contributed by atoms with E-state index in [0.29, 0.717) is 12.2 Å². The number of hydrogen-bond acceptors (Lipinski definition) is 3. The van der Waals surface area contributed by atoms with Crippen molar-refractivity contribution in [3.05, 3.63) is 90.0 Å². The summed E-state index contributed by atoms with van der Waals surface area (Å²) < 4.78 is 26.8. The smallest absolute Gasteiger partial charge is 0.264 e. The predicted molar refractivity (Wildman–Crippen MR) is 107 cm³/mol. The molecule has 0 aliphatic heterocycles. The quantitative estimate of drug-likeness (QED) is 0.702. The van der Waals surface area contributed by atoms with Crippen LogP contribution >= 0.6 is 0 Å². The molecular weight excluding hydrogens is 344 g/mol. The third-order valence-corrected chi connectivity index (χ3v) is 6.05. The minimum atomic E-state index is -3.58. The van der Waals surface area contributed by atoms with Crippen LogP contribution in [0.15, 0.2) is 83.8 Å². The maximum Gasteiger partial charge on any atom is 0.264 e. The van der Waals surface area contributed by atoms with Crippen molar-refractivity contribution in [2.24, 2.45) is 0 Å². The molecule has 0 saturated heterocycles. The summed E-state index contributed by atoms with van der Waals surface area (Å²) in [7, 11) is -2.01. The van der Waals surface area contributed by atoms with E-state index in [9.17, 15) is 8.42 Å². The van der Waals surface area contributed by atoms with E-state index in [4.69, 9.17) is 0 Å². The molecule has 0 fully saturated rings. The van der Waals surface area contributed by atoms with Gasteiger partial charge < -0.3 is 5.32 Å². The summed E-state index contributed by atoms with van der Waals surface area (Å²) in [5.41, 5.74) is 3.92. The van der Waals surface area contributed by atoms with Crippen molar-refractivity contribution >= 4 is 21.4 Å². The number of sulfonamides is 1. The van der Waals surface area contributed by atoms with Gasteiger partial charge in [0.15, 0.2) is 0 Å². The lowest BCUT2D eigenvalue weighted by atomic mass is 10.1. The number of aryl methyl sites for hydroxylation is 1. The van der Waals surface area contributed by atoms with E-state index in [0.717, 1.165) is 5.69 Å². The lowest BCUT2D eigenvalue weighted by Crippen LogP contribution is -2.26. The lowest BCUT2D eigenvalue weighted by molar-refractivity contribution is 0.594. The van der Waals surface area contributed by atoms with Crippen molar-refractivity contribution in [3.8, 4) is 0 Å². The molecule has 134 valence electrons. The van der Waals surface area contributed by atoms with E-state index in [1.54, 1.807) is 43.4 Å². The second-order valence-corrected chi connectivity index (χ2v) is 8.14. The SMILES string of the molecule is Cc1ccc(CNc2ccc(S(=O)(=O)N(C)c3ccccc3)cc2)cc1.